The van der Waals surface area contributed by atoms with E-state index in [9.17, 15) is 24.3 Å². The van der Waals surface area contributed by atoms with Gasteiger partial charge in [0.05, 0.1) is 31.4 Å². The van der Waals surface area contributed by atoms with E-state index in [1.54, 1.807) is 14.7 Å². The maximum atomic E-state index is 14.7. The zero-order valence-electron chi connectivity index (χ0n) is 25.0. The van der Waals surface area contributed by atoms with E-state index in [2.05, 4.69) is 10.6 Å². The third kappa shape index (κ3) is 5.09. The number of benzene rings is 2. The molecule has 1 spiro atoms. The molecule has 12 heteroatoms. The molecule has 43 heavy (non-hydrogen) atoms. The van der Waals surface area contributed by atoms with E-state index in [1.807, 2.05) is 62.5 Å². The highest BCUT2D eigenvalue weighted by Gasteiger charge is 2.66. The van der Waals surface area contributed by atoms with Crippen molar-refractivity contribution in [2.75, 3.05) is 60.6 Å². The van der Waals surface area contributed by atoms with Gasteiger partial charge in [0.15, 0.2) is 13.9 Å². The number of carbonyl (C=O) groups is 3. The van der Waals surface area contributed by atoms with Crippen LogP contribution in [0.25, 0.3) is 0 Å². The molecule has 0 bridgehead atoms. The van der Waals surface area contributed by atoms with E-state index in [-0.39, 0.29) is 48.9 Å². The second-order valence-electron chi connectivity index (χ2n) is 12.6. The number of carbonyl (C=O) groups excluding carboxylic acids is 3. The minimum atomic E-state index is -2.84. The third-order valence-electron chi connectivity index (χ3n) is 9.43. The van der Waals surface area contributed by atoms with Crippen molar-refractivity contribution >= 4 is 43.1 Å². The van der Waals surface area contributed by atoms with E-state index in [0.29, 0.717) is 56.1 Å². The fraction of sp³-hybridized carbons (Fsp3) is 0.516. The maximum absolute atomic E-state index is 14.7. The Balaban J connectivity index is 1.42. The van der Waals surface area contributed by atoms with Crippen LogP contribution in [0.3, 0.4) is 0 Å². The normalized spacial score (nSPS) is 27.9. The van der Waals surface area contributed by atoms with Gasteiger partial charge in [-0.3, -0.25) is 14.4 Å². The molecule has 4 aliphatic rings. The summed E-state index contributed by atoms with van der Waals surface area (Å²) < 4.78 is 6.76. The number of amides is 3. The molecule has 0 aromatic heterocycles. The summed E-state index contributed by atoms with van der Waals surface area (Å²) in [4.78, 5) is 56.7. The van der Waals surface area contributed by atoms with E-state index >= 15 is 0 Å². The largest absolute Gasteiger partial charge is 0.432 e. The van der Waals surface area contributed by atoms with E-state index in [4.69, 9.17) is 4.74 Å². The van der Waals surface area contributed by atoms with Crippen LogP contribution in [0.2, 0.25) is 18.6 Å². The Kier molecular flexibility index (Phi) is 7.94. The van der Waals surface area contributed by atoms with Gasteiger partial charge in [0.1, 0.15) is 0 Å². The van der Waals surface area contributed by atoms with Crippen molar-refractivity contribution in [3.05, 3.63) is 53.6 Å². The van der Waals surface area contributed by atoms with Gasteiger partial charge in [-0.1, -0.05) is 19.1 Å². The number of nitrogens with zero attached hydrogens (tertiary/aromatic N) is 3. The van der Waals surface area contributed by atoms with Crippen molar-refractivity contribution in [2.45, 2.75) is 50.2 Å². The van der Waals surface area contributed by atoms with Crippen molar-refractivity contribution in [1.82, 2.24) is 10.6 Å². The Morgan fingerprint density at radius 1 is 0.977 bits per heavy atom. The van der Waals surface area contributed by atoms with Crippen LogP contribution in [-0.2, 0) is 31.3 Å². The molecule has 4 atom stereocenters. The smallest absolute Gasteiger partial charge is 0.264 e. The van der Waals surface area contributed by atoms with Gasteiger partial charge < -0.3 is 40.0 Å². The molecule has 0 radical (unpaired) electrons. The minimum absolute atomic E-state index is 0.00451. The molecule has 2 aromatic rings. The van der Waals surface area contributed by atoms with Crippen molar-refractivity contribution in [1.29, 1.82) is 0 Å². The lowest BCUT2D eigenvalue weighted by Crippen LogP contribution is -2.48. The van der Waals surface area contributed by atoms with Crippen LogP contribution in [0.4, 0.5) is 17.1 Å². The molecule has 0 aliphatic carbocycles. The van der Waals surface area contributed by atoms with Gasteiger partial charge in [-0.2, -0.15) is 0 Å². The van der Waals surface area contributed by atoms with Gasteiger partial charge in [0.2, 0.25) is 11.8 Å². The molecule has 3 fully saturated rings. The Morgan fingerprint density at radius 3 is 2.23 bits per heavy atom. The fourth-order valence-electron chi connectivity index (χ4n) is 7.55. The molecule has 3 saturated heterocycles. The van der Waals surface area contributed by atoms with Crippen molar-refractivity contribution in [3.63, 3.8) is 0 Å². The predicted molar refractivity (Wildman–Crippen MR) is 165 cm³/mol. The molecule has 2 aromatic carbocycles. The van der Waals surface area contributed by atoms with Crippen LogP contribution in [0.5, 0.6) is 0 Å². The van der Waals surface area contributed by atoms with E-state index in [1.165, 1.54) is 0 Å². The summed E-state index contributed by atoms with van der Waals surface area (Å²) >= 11 is 0. The van der Waals surface area contributed by atoms with Gasteiger partial charge in [-0.05, 0) is 55.4 Å². The Morgan fingerprint density at radius 2 is 1.63 bits per heavy atom. The SMILES string of the molecule is C[C@@H]1[C@@H]([Si](C)(C)O)[C@H](CCO)O[C@@]12C(=O)N(Cc1cccc(N3CCNCC3=O)c1)c1ccc(N3CCNCC3=O)cc12. The Hall–Kier alpha value is -3.13. The van der Waals surface area contributed by atoms with Crippen LogP contribution in [0.15, 0.2) is 42.5 Å². The van der Waals surface area contributed by atoms with Crippen molar-refractivity contribution < 1.29 is 29.0 Å². The number of anilines is 3. The topological polar surface area (TPSA) is 135 Å². The fourth-order valence-corrected chi connectivity index (χ4v) is 10.2. The Bertz CT molecular complexity index is 1430. The standard InChI is InChI=1S/C31H41N5O6Si/c1-20-29(43(2,3)41)26(9-14-37)42-31(20)24-16-23(35-13-11-33-18-28(35)39)7-8-25(24)36(30(31)40)19-21-5-4-6-22(15-21)34-12-10-32-17-27(34)38/h4-8,15-16,20,26,29,32-33,37,41H,9-14,17-19H2,1-3H3/t20-,26+,29-,31+/m1/s1. The van der Waals surface area contributed by atoms with Crippen molar-refractivity contribution in [3.8, 4) is 0 Å². The molecule has 0 saturated carbocycles. The second-order valence-corrected chi connectivity index (χ2v) is 16.6. The first kappa shape index (κ1) is 29.9. The first-order valence-corrected chi connectivity index (χ1v) is 18.2. The lowest BCUT2D eigenvalue weighted by Gasteiger charge is -2.33. The molecule has 4 N–H and O–H groups in total. The van der Waals surface area contributed by atoms with Crippen LogP contribution in [0.1, 0.15) is 24.5 Å². The lowest BCUT2D eigenvalue weighted by molar-refractivity contribution is -0.146. The summed E-state index contributed by atoms with van der Waals surface area (Å²) in [5.74, 6) is -0.622. The third-order valence-corrected chi connectivity index (χ3v) is 11.9. The van der Waals surface area contributed by atoms with Gasteiger partial charge in [0.25, 0.3) is 5.91 Å². The van der Waals surface area contributed by atoms with Gasteiger partial charge in [-0.25, -0.2) is 0 Å². The first-order chi connectivity index (χ1) is 20.6. The highest BCUT2D eigenvalue weighted by Crippen LogP contribution is 2.60. The van der Waals surface area contributed by atoms with Crippen LogP contribution in [-0.4, -0.2) is 87.9 Å². The van der Waals surface area contributed by atoms with Gasteiger partial charge in [0, 0.05) is 61.2 Å². The van der Waals surface area contributed by atoms with Crippen LogP contribution >= 0.6 is 0 Å². The predicted octanol–water partition coefficient (Wildman–Crippen LogP) is 1.29. The van der Waals surface area contributed by atoms with E-state index < -0.39 is 20.0 Å². The molecule has 4 aliphatic heterocycles. The number of nitrogens with one attached hydrogen (secondary N) is 2. The molecular weight excluding hydrogens is 566 g/mol. The van der Waals surface area contributed by atoms with Gasteiger partial charge >= 0.3 is 0 Å². The number of hydrogen-bond donors (Lipinski definition) is 4. The number of fused-ring (bicyclic) bond motifs is 2. The molecular formula is C31H41N5O6Si. The molecule has 6 rings (SSSR count). The second kappa shape index (κ2) is 11.4. The molecule has 11 nitrogen and oxygen atoms in total. The number of aliphatic hydroxyl groups is 1. The van der Waals surface area contributed by atoms with Crippen LogP contribution < -0.4 is 25.3 Å². The highest BCUT2D eigenvalue weighted by atomic mass is 28.4. The summed E-state index contributed by atoms with van der Waals surface area (Å²) in [6.45, 7) is 8.84. The number of ether oxygens (including phenoxy) is 1. The average molecular weight is 608 g/mol. The zero-order chi connectivity index (χ0) is 30.5. The van der Waals surface area contributed by atoms with E-state index in [0.717, 1.165) is 11.3 Å². The number of rotatable bonds is 7. The maximum Gasteiger partial charge on any atom is 0.264 e. The summed E-state index contributed by atoms with van der Waals surface area (Å²) in [5, 5.41) is 16.1. The quantitative estimate of drug-likeness (QED) is 0.346. The first-order valence-electron chi connectivity index (χ1n) is 15.1. The molecule has 0 unspecified atom stereocenters. The summed E-state index contributed by atoms with van der Waals surface area (Å²) in [5.41, 5.74) is 2.09. The summed E-state index contributed by atoms with van der Waals surface area (Å²) in [6.07, 6.45) is -0.178. The Labute approximate surface area is 252 Å². The number of aliphatic hydroxyl groups excluding tert-OH is 1. The number of hydrogen-bond acceptors (Lipinski definition) is 8. The van der Waals surface area contributed by atoms with Crippen molar-refractivity contribution in [2.24, 2.45) is 5.92 Å². The lowest BCUT2D eigenvalue weighted by atomic mass is 9.82. The highest BCUT2D eigenvalue weighted by molar-refractivity contribution is 6.71. The minimum Gasteiger partial charge on any atom is -0.432 e. The molecule has 4 heterocycles. The molecule has 230 valence electrons. The summed E-state index contributed by atoms with van der Waals surface area (Å²) in [7, 11) is -2.84. The monoisotopic (exact) mass is 607 g/mol. The average Bonchev–Trinajstić information content (AvgIpc) is 3.40. The number of piperazine rings is 2. The van der Waals surface area contributed by atoms with Gasteiger partial charge in [-0.15, -0.1) is 0 Å². The zero-order valence-corrected chi connectivity index (χ0v) is 26.0. The molecule has 3 amide bonds. The van der Waals surface area contributed by atoms with Crippen LogP contribution in [0, 0.1) is 5.92 Å². The summed E-state index contributed by atoms with van der Waals surface area (Å²) in [6, 6.07) is 13.4.